The first-order chi connectivity index (χ1) is 7.36. The predicted octanol–water partition coefficient (Wildman–Crippen LogP) is 2.87. The van der Waals surface area contributed by atoms with E-state index >= 15 is 0 Å². The molecule has 0 bridgehead atoms. The fraction of sp³-hybridized carbons (Fsp3) is 0. The maximum atomic E-state index is 6.01. The monoisotopic (exact) mass is 219 g/mol. The molecule has 15 heavy (non-hydrogen) atoms. The van der Waals surface area contributed by atoms with Gasteiger partial charge in [0.2, 0.25) is 0 Å². The Bertz CT molecular complexity index is 600. The maximum Gasteiger partial charge on any atom is 0.142 e. The van der Waals surface area contributed by atoms with Gasteiger partial charge in [-0.3, -0.25) is 0 Å². The number of fused-ring (bicyclic) bond motifs is 1. The van der Waals surface area contributed by atoms with E-state index in [1.807, 2.05) is 18.3 Å². The van der Waals surface area contributed by atoms with Gasteiger partial charge in [-0.05, 0) is 12.1 Å². The number of aromatic amines is 1. The summed E-state index contributed by atoms with van der Waals surface area (Å²) in [6.07, 6.45) is 4.85. The van der Waals surface area contributed by atoms with Crippen LogP contribution in [-0.4, -0.2) is 15.0 Å². The Morgan fingerprint density at radius 1 is 1.33 bits per heavy atom. The summed E-state index contributed by atoms with van der Waals surface area (Å²) in [7, 11) is 0. The summed E-state index contributed by atoms with van der Waals surface area (Å²) in [5.74, 6) is 0.748. The van der Waals surface area contributed by atoms with Crippen LogP contribution in [0.3, 0.4) is 0 Å². The Morgan fingerprint density at radius 2 is 2.27 bits per heavy atom. The van der Waals surface area contributed by atoms with Gasteiger partial charge in [-0.25, -0.2) is 9.97 Å². The molecule has 5 heteroatoms. The summed E-state index contributed by atoms with van der Waals surface area (Å²) in [5, 5.41) is 1.21. The summed E-state index contributed by atoms with van der Waals surface area (Å²) in [5.41, 5.74) is 1.59. The molecule has 0 aliphatic heterocycles. The lowest BCUT2D eigenvalue weighted by Gasteiger charge is -1.95. The summed E-state index contributed by atoms with van der Waals surface area (Å²) >= 11 is 6.01. The molecule has 0 aliphatic carbocycles. The standard InChI is InChI=1S/C10H6ClN3O/c11-9-8-6(7-2-1-3-15-7)4-12-10(8)14-5-13-9/h1-5H,(H,12,13,14). The third-order valence-corrected chi connectivity index (χ3v) is 2.50. The molecule has 3 rings (SSSR count). The van der Waals surface area contributed by atoms with Crippen molar-refractivity contribution in [3.63, 3.8) is 0 Å². The van der Waals surface area contributed by atoms with Gasteiger partial charge in [0.1, 0.15) is 22.9 Å². The van der Waals surface area contributed by atoms with Crippen LogP contribution in [0.1, 0.15) is 0 Å². The van der Waals surface area contributed by atoms with Gasteiger partial charge in [-0.1, -0.05) is 11.6 Å². The summed E-state index contributed by atoms with van der Waals surface area (Å²) < 4.78 is 5.31. The molecule has 0 unspecified atom stereocenters. The van der Waals surface area contributed by atoms with Gasteiger partial charge < -0.3 is 9.40 Å². The van der Waals surface area contributed by atoms with Crippen LogP contribution in [0, 0.1) is 0 Å². The first kappa shape index (κ1) is 8.49. The quantitative estimate of drug-likeness (QED) is 0.641. The molecule has 0 aliphatic rings. The van der Waals surface area contributed by atoms with E-state index in [2.05, 4.69) is 15.0 Å². The van der Waals surface area contributed by atoms with Gasteiger partial charge in [-0.15, -0.1) is 0 Å². The predicted molar refractivity (Wildman–Crippen MR) is 56.6 cm³/mol. The van der Waals surface area contributed by atoms with Crippen molar-refractivity contribution in [2.75, 3.05) is 0 Å². The van der Waals surface area contributed by atoms with Crippen molar-refractivity contribution in [3.8, 4) is 11.3 Å². The van der Waals surface area contributed by atoms with E-state index in [0.29, 0.717) is 10.8 Å². The Hall–Kier alpha value is -1.81. The molecule has 3 aromatic rings. The molecule has 0 aromatic carbocycles. The molecule has 3 aromatic heterocycles. The zero-order valence-electron chi connectivity index (χ0n) is 7.57. The van der Waals surface area contributed by atoms with Crippen molar-refractivity contribution in [3.05, 3.63) is 36.1 Å². The lowest BCUT2D eigenvalue weighted by atomic mass is 10.2. The molecule has 4 nitrogen and oxygen atoms in total. The number of nitrogens with one attached hydrogen (secondary N) is 1. The Balaban J connectivity index is 2.37. The zero-order chi connectivity index (χ0) is 10.3. The highest BCUT2D eigenvalue weighted by Crippen LogP contribution is 2.31. The second kappa shape index (κ2) is 3.10. The normalized spacial score (nSPS) is 11.0. The molecule has 1 N–H and O–H groups in total. The smallest absolute Gasteiger partial charge is 0.142 e. The van der Waals surface area contributed by atoms with Crippen molar-refractivity contribution >= 4 is 22.6 Å². The van der Waals surface area contributed by atoms with Gasteiger partial charge >= 0.3 is 0 Å². The van der Waals surface area contributed by atoms with E-state index in [0.717, 1.165) is 16.7 Å². The van der Waals surface area contributed by atoms with Crippen LogP contribution >= 0.6 is 11.6 Å². The number of H-pyrrole nitrogens is 1. The van der Waals surface area contributed by atoms with Crippen LogP contribution < -0.4 is 0 Å². The second-order valence-electron chi connectivity index (χ2n) is 3.07. The number of furan rings is 1. The number of halogens is 1. The molecular weight excluding hydrogens is 214 g/mol. The average molecular weight is 220 g/mol. The van der Waals surface area contributed by atoms with Crippen molar-refractivity contribution in [1.82, 2.24) is 15.0 Å². The van der Waals surface area contributed by atoms with E-state index < -0.39 is 0 Å². The molecule has 0 radical (unpaired) electrons. The molecule has 3 heterocycles. The Labute approximate surface area is 89.9 Å². The van der Waals surface area contributed by atoms with Crippen molar-refractivity contribution in [2.24, 2.45) is 0 Å². The minimum Gasteiger partial charge on any atom is -0.464 e. The van der Waals surface area contributed by atoms with E-state index in [1.54, 1.807) is 6.26 Å². The molecule has 0 fully saturated rings. The van der Waals surface area contributed by atoms with Gasteiger partial charge in [0.25, 0.3) is 0 Å². The number of nitrogens with zero attached hydrogens (tertiary/aromatic N) is 2. The Morgan fingerprint density at radius 3 is 3.07 bits per heavy atom. The summed E-state index contributed by atoms with van der Waals surface area (Å²) in [4.78, 5) is 11.0. The van der Waals surface area contributed by atoms with Gasteiger partial charge in [0, 0.05) is 11.8 Å². The molecule has 0 amide bonds. The molecular formula is C10H6ClN3O. The SMILES string of the molecule is Clc1ncnc2[nH]cc(-c3ccco3)c12. The molecule has 0 saturated carbocycles. The summed E-state index contributed by atoms with van der Waals surface area (Å²) in [6, 6.07) is 3.69. The molecule has 0 saturated heterocycles. The molecule has 0 atom stereocenters. The van der Waals surface area contributed by atoms with Crippen LogP contribution in [0.15, 0.2) is 35.3 Å². The third-order valence-electron chi connectivity index (χ3n) is 2.21. The Kier molecular flexibility index (Phi) is 1.76. The van der Waals surface area contributed by atoms with Crippen molar-refractivity contribution in [1.29, 1.82) is 0 Å². The fourth-order valence-electron chi connectivity index (χ4n) is 1.55. The highest BCUT2D eigenvalue weighted by atomic mass is 35.5. The van der Waals surface area contributed by atoms with E-state index in [4.69, 9.17) is 16.0 Å². The average Bonchev–Trinajstić information content (AvgIpc) is 2.85. The number of rotatable bonds is 1. The lowest BCUT2D eigenvalue weighted by Crippen LogP contribution is -1.81. The van der Waals surface area contributed by atoms with Gasteiger partial charge in [0.15, 0.2) is 0 Å². The highest BCUT2D eigenvalue weighted by molar-refractivity contribution is 6.35. The number of hydrogen-bond acceptors (Lipinski definition) is 3. The van der Waals surface area contributed by atoms with E-state index in [-0.39, 0.29) is 0 Å². The first-order valence-electron chi connectivity index (χ1n) is 4.38. The fourth-order valence-corrected chi connectivity index (χ4v) is 1.79. The number of aromatic nitrogens is 3. The van der Waals surface area contributed by atoms with Gasteiger partial charge in [0.05, 0.1) is 11.6 Å². The largest absolute Gasteiger partial charge is 0.464 e. The van der Waals surface area contributed by atoms with Crippen LogP contribution in [0.25, 0.3) is 22.4 Å². The summed E-state index contributed by atoms with van der Waals surface area (Å²) in [6.45, 7) is 0. The van der Waals surface area contributed by atoms with Crippen LogP contribution in [0.5, 0.6) is 0 Å². The van der Waals surface area contributed by atoms with Crippen LogP contribution in [-0.2, 0) is 0 Å². The van der Waals surface area contributed by atoms with Crippen molar-refractivity contribution in [2.45, 2.75) is 0 Å². The highest BCUT2D eigenvalue weighted by Gasteiger charge is 2.12. The maximum absolute atomic E-state index is 6.01. The van der Waals surface area contributed by atoms with Gasteiger partial charge in [-0.2, -0.15) is 0 Å². The first-order valence-corrected chi connectivity index (χ1v) is 4.75. The zero-order valence-corrected chi connectivity index (χ0v) is 8.32. The number of hydrogen-bond donors (Lipinski definition) is 1. The van der Waals surface area contributed by atoms with Crippen LogP contribution in [0.4, 0.5) is 0 Å². The molecule has 0 spiro atoms. The van der Waals surface area contributed by atoms with Crippen LogP contribution in [0.2, 0.25) is 5.15 Å². The van der Waals surface area contributed by atoms with E-state index in [1.165, 1.54) is 6.33 Å². The topological polar surface area (TPSA) is 54.7 Å². The second-order valence-corrected chi connectivity index (χ2v) is 3.43. The van der Waals surface area contributed by atoms with E-state index in [9.17, 15) is 0 Å². The lowest BCUT2D eigenvalue weighted by molar-refractivity contribution is 0.583. The minimum absolute atomic E-state index is 0.424. The third kappa shape index (κ3) is 1.22. The molecule has 74 valence electrons. The van der Waals surface area contributed by atoms with Crippen molar-refractivity contribution < 1.29 is 4.42 Å². The minimum atomic E-state index is 0.424.